The molecule has 0 aliphatic rings. The van der Waals surface area contributed by atoms with Crippen molar-refractivity contribution in [2.24, 2.45) is 4.99 Å². The smallest absolute Gasteiger partial charge is 0.317 e. The van der Waals surface area contributed by atoms with Gasteiger partial charge >= 0.3 is 29.8 Å². The Hall–Kier alpha value is -4.17. The van der Waals surface area contributed by atoms with Gasteiger partial charge < -0.3 is 25.5 Å². The molecule has 0 aliphatic heterocycles. The Bertz CT molecular complexity index is 1010. The van der Waals surface area contributed by atoms with E-state index in [1.54, 1.807) is 12.1 Å². The summed E-state index contributed by atoms with van der Waals surface area (Å²) in [7, 11) is 0. The van der Waals surface area contributed by atoms with Crippen molar-refractivity contribution in [1.82, 2.24) is 14.7 Å². The second kappa shape index (κ2) is 15.8. The van der Waals surface area contributed by atoms with E-state index in [4.69, 9.17) is 10.2 Å². The molecule has 1 rings (SSSR count). The number of carbonyl (C=O) groups excluding carboxylic acids is 1. The standard InChI is InChI=1S/C23H30N4O11/c1-15(26(10-20(31)32)11-21(33)34)7-25(9-19(29)30)8-18(27(12-22(35)36)13-23(37)38)6-16-2-4-17(5-3-16)24-14-28/h2-5,15,18H,6-13H2,1H3,(H,29,30)(H,31,32)(H,33,34)(H,35,36)(H,37,38). The maximum atomic E-state index is 11.6. The Kier molecular flexibility index (Phi) is 13.3. The number of rotatable bonds is 19. The number of benzene rings is 1. The third-order valence-electron chi connectivity index (χ3n) is 5.43. The molecule has 0 radical (unpaired) electrons. The fraction of sp³-hybridized carbons (Fsp3) is 0.478. The summed E-state index contributed by atoms with van der Waals surface area (Å²) in [5, 5.41) is 46.5. The van der Waals surface area contributed by atoms with Crippen LogP contribution in [0.1, 0.15) is 12.5 Å². The lowest BCUT2D eigenvalue weighted by atomic mass is 10.0. The highest BCUT2D eigenvalue weighted by Gasteiger charge is 2.29. The highest BCUT2D eigenvalue weighted by molar-refractivity contribution is 5.73. The number of hydrogen-bond donors (Lipinski definition) is 5. The van der Waals surface area contributed by atoms with E-state index in [0.717, 1.165) is 9.80 Å². The summed E-state index contributed by atoms with van der Waals surface area (Å²) < 4.78 is 0. The summed E-state index contributed by atoms with van der Waals surface area (Å²) in [5.74, 6) is -6.43. The van der Waals surface area contributed by atoms with Crippen LogP contribution in [0, 0.1) is 0 Å². The molecular formula is C23H30N4O11. The first-order valence-corrected chi connectivity index (χ1v) is 11.3. The van der Waals surface area contributed by atoms with Crippen molar-refractivity contribution >= 4 is 41.6 Å². The van der Waals surface area contributed by atoms with Gasteiger partial charge in [0.1, 0.15) is 0 Å². The van der Waals surface area contributed by atoms with E-state index >= 15 is 0 Å². The van der Waals surface area contributed by atoms with Gasteiger partial charge in [-0.1, -0.05) is 12.1 Å². The highest BCUT2D eigenvalue weighted by atomic mass is 16.4. The minimum Gasteiger partial charge on any atom is -0.480 e. The molecule has 0 amide bonds. The van der Waals surface area contributed by atoms with Crippen LogP contribution in [0.2, 0.25) is 0 Å². The molecule has 0 saturated carbocycles. The molecule has 0 heterocycles. The molecule has 0 aromatic heterocycles. The predicted octanol–water partition coefficient (Wildman–Crippen LogP) is -0.717. The van der Waals surface area contributed by atoms with Gasteiger partial charge in [-0.05, 0) is 31.0 Å². The number of aliphatic carboxylic acids is 5. The van der Waals surface area contributed by atoms with Gasteiger partial charge in [0, 0.05) is 25.2 Å². The van der Waals surface area contributed by atoms with Gasteiger partial charge in [0.05, 0.1) is 38.4 Å². The van der Waals surface area contributed by atoms with Gasteiger partial charge in [-0.2, -0.15) is 4.99 Å². The Morgan fingerprint density at radius 1 is 0.737 bits per heavy atom. The van der Waals surface area contributed by atoms with E-state index in [9.17, 15) is 44.1 Å². The maximum absolute atomic E-state index is 11.6. The van der Waals surface area contributed by atoms with E-state index in [2.05, 4.69) is 4.99 Å². The van der Waals surface area contributed by atoms with Gasteiger partial charge in [0.25, 0.3) is 0 Å². The quantitative estimate of drug-likeness (QED) is 0.108. The summed E-state index contributed by atoms with van der Waals surface area (Å²) in [6.07, 6.45) is 1.48. The summed E-state index contributed by atoms with van der Waals surface area (Å²) in [5.41, 5.74) is 0.925. The van der Waals surface area contributed by atoms with Crippen LogP contribution in [-0.4, -0.2) is 134 Å². The first-order valence-electron chi connectivity index (χ1n) is 11.3. The first-order chi connectivity index (χ1) is 17.8. The minimum atomic E-state index is -1.31. The van der Waals surface area contributed by atoms with E-state index in [0.29, 0.717) is 11.3 Å². The predicted molar refractivity (Wildman–Crippen MR) is 129 cm³/mol. The molecule has 1 aromatic carbocycles. The Balaban J connectivity index is 3.33. The zero-order valence-electron chi connectivity index (χ0n) is 20.6. The molecule has 2 atom stereocenters. The second-order valence-corrected chi connectivity index (χ2v) is 8.55. The molecule has 1 aromatic rings. The molecule has 5 N–H and O–H groups in total. The molecule has 38 heavy (non-hydrogen) atoms. The molecule has 0 spiro atoms. The SMILES string of the molecule is CC(CN(CC(=O)O)CC(Cc1ccc(N=C=O)cc1)N(CC(=O)O)CC(=O)O)N(CC(=O)O)CC(=O)O. The second-order valence-electron chi connectivity index (χ2n) is 8.55. The summed E-state index contributed by atoms with van der Waals surface area (Å²) >= 11 is 0. The molecule has 0 saturated heterocycles. The molecule has 15 nitrogen and oxygen atoms in total. The lowest BCUT2D eigenvalue weighted by molar-refractivity contribution is -0.144. The van der Waals surface area contributed by atoms with Crippen LogP contribution in [0.3, 0.4) is 0 Å². The van der Waals surface area contributed by atoms with Crippen LogP contribution in [0.25, 0.3) is 0 Å². The van der Waals surface area contributed by atoms with Crippen molar-refractivity contribution in [3.63, 3.8) is 0 Å². The average molecular weight is 539 g/mol. The number of carboxylic acid groups (broad SMARTS) is 5. The van der Waals surface area contributed by atoms with Crippen LogP contribution in [0.15, 0.2) is 29.3 Å². The van der Waals surface area contributed by atoms with Crippen molar-refractivity contribution in [3.8, 4) is 0 Å². The third kappa shape index (κ3) is 12.7. The Labute approximate surface area is 217 Å². The van der Waals surface area contributed by atoms with Crippen molar-refractivity contribution in [2.45, 2.75) is 25.4 Å². The van der Waals surface area contributed by atoms with Crippen molar-refractivity contribution < 1.29 is 54.3 Å². The molecule has 15 heteroatoms. The topological polar surface area (TPSA) is 226 Å². The van der Waals surface area contributed by atoms with Crippen LogP contribution in [0.5, 0.6) is 0 Å². The first kappa shape index (κ1) is 31.9. The number of hydrogen-bond acceptors (Lipinski definition) is 10. The van der Waals surface area contributed by atoms with E-state index in [1.807, 2.05) is 0 Å². The summed E-state index contributed by atoms with van der Waals surface area (Å²) in [6.45, 7) is -1.83. The van der Waals surface area contributed by atoms with Crippen molar-refractivity contribution in [1.29, 1.82) is 0 Å². The zero-order valence-corrected chi connectivity index (χ0v) is 20.6. The lowest BCUT2D eigenvalue weighted by Gasteiger charge is -2.36. The van der Waals surface area contributed by atoms with Crippen LogP contribution in [-0.2, 0) is 35.2 Å². The number of isocyanates is 1. The van der Waals surface area contributed by atoms with Gasteiger partial charge in [-0.15, -0.1) is 0 Å². The fourth-order valence-corrected chi connectivity index (χ4v) is 3.90. The summed E-state index contributed by atoms with van der Waals surface area (Å²) in [4.78, 5) is 74.6. The average Bonchev–Trinajstić information content (AvgIpc) is 2.77. The monoisotopic (exact) mass is 538 g/mol. The molecule has 208 valence electrons. The van der Waals surface area contributed by atoms with Gasteiger partial charge in [-0.25, -0.2) is 4.79 Å². The van der Waals surface area contributed by atoms with Crippen LogP contribution in [0.4, 0.5) is 5.69 Å². The Morgan fingerprint density at radius 3 is 1.61 bits per heavy atom. The van der Waals surface area contributed by atoms with Gasteiger partial charge in [0.2, 0.25) is 6.08 Å². The van der Waals surface area contributed by atoms with Crippen LogP contribution >= 0.6 is 0 Å². The molecule has 2 unspecified atom stereocenters. The van der Waals surface area contributed by atoms with E-state index in [-0.39, 0.29) is 19.5 Å². The highest BCUT2D eigenvalue weighted by Crippen LogP contribution is 2.17. The minimum absolute atomic E-state index is 0.0874. The summed E-state index contributed by atoms with van der Waals surface area (Å²) in [6, 6.07) is 4.62. The van der Waals surface area contributed by atoms with E-state index < -0.39 is 74.7 Å². The number of carbonyl (C=O) groups is 5. The maximum Gasteiger partial charge on any atom is 0.317 e. The zero-order chi connectivity index (χ0) is 28.8. The largest absolute Gasteiger partial charge is 0.480 e. The number of nitrogens with zero attached hydrogens (tertiary/aromatic N) is 4. The van der Waals surface area contributed by atoms with Crippen molar-refractivity contribution in [2.75, 3.05) is 45.8 Å². The van der Waals surface area contributed by atoms with Gasteiger partial charge in [0.15, 0.2) is 0 Å². The normalized spacial score (nSPS) is 12.6. The van der Waals surface area contributed by atoms with Crippen molar-refractivity contribution in [3.05, 3.63) is 29.8 Å². The molecule has 0 aliphatic carbocycles. The molecular weight excluding hydrogens is 508 g/mol. The lowest BCUT2D eigenvalue weighted by Crippen LogP contribution is -2.53. The van der Waals surface area contributed by atoms with E-state index in [1.165, 1.54) is 30.0 Å². The number of aliphatic imine (C=N–C) groups is 1. The van der Waals surface area contributed by atoms with Crippen LogP contribution < -0.4 is 0 Å². The molecule has 0 fully saturated rings. The number of carboxylic acids is 5. The Morgan fingerprint density at radius 2 is 1.18 bits per heavy atom. The van der Waals surface area contributed by atoms with Gasteiger partial charge in [-0.3, -0.25) is 38.7 Å². The third-order valence-corrected chi connectivity index (χ3v) is 5.43. The molecule has 0 bridgehead atoms. The fourth-order valence-electron chi connectivity index (χ4n) is 3.90.